The molecule has 1 aliphatic carbocycles. The Labute approximate surface area is 169 Å². The van der Waals surface area contributed by atoms with Crippen LogP contribution in [0.25, 0.3) is 11.4 Å². The molecule has 0 fully saturated rings. The maximum Gasteiger partial charge on any atom is 0.233 e. The number of nitrogens with zero attached hydrogens (tertiary/aromatic N) is 3. The molecule has 4 rings (SSSR count). The Morgan fingerprint density at radius 2 is 1.89 bits per heavy atom. The third-order valence-corrected chi connectivity index (χ3v) is 6.34. The van der Waals surface area contributed by atoms with Gasteiger partial charge in [0.15, 0.2) is 11.0 Å². The number of rotatable bonds is 5. The van der Waals surface area contributed by atoms with E-state index in [-0.39, 0.29) is 17.2 Å². The van der Waals surface area contributed by atoms with Crippen molar-refractivity contribution >= 4 is 17.7 Å². The van der Waals surface area contributed by atoms with Crippen LogP contribution in [-0.2, 0) is 18.3 Å². The van der Waals surface area contributed by atoms with E-state index in [4.69, 9.17) is 0 Å². The molecular formula is C22H24N4OS. The highest BCUT2D eigenvalue weighted by atomic mass is 32.2. The number of aromatic nitrogens is 3. The largest absolute Gasteiger partial charge is 0.348 e. The molecule has 1 heterocycles. The van der Waals surface area contributed by atoms with Crippen LogP contribution in [0.3, 0.4) is 0 Å². The van der Waals surface area contributed by atoms with Gasteiger partial charge in [-0.15, -0.1) is 10.2 Å². The molecule has 0 bridgehead atoms. The SMILES string of the molecule is C[C@H](Sc1nnc(-c2ccccc2)n1C)C(=O)N[C@H]1CCCc2ccccc21. The van der Waals surface area contributed by atoms with Crippen LogP contribution in [0.5, 0.6) is 0 Å². The minimum Gasteiger partial charge on any atom is -0.348 e. The van der Waals surface area contributed by atoms with E-state index in [1.54, 1.807) is 0 Å². The lowest BCUT2D eigenvalue weighted by atomic mass is 9.88. The Morgan fingerprint density at radius 1 is 1.14 bits per heavy atom. The lowest BCUT2D eigenvalue weighted by molar-refractivity contribution is -0.121. The number of hydrogen-bond acceptors (Lipinski definition) is 4. The number of carbonyl (C=O) groups is 1. The summed E-state index contributed by atoms with van der Waals surface area (Å²) >= 11 is 1.44. The van der Waals surface area contributed by atoms with Gasteiger partial charge in [-0.2, -0.15) is 0 Å². The summed E-state index contributed by atoms with van der Waals surface area (Å²) in [6, 6.07) is 18.5. The molecule has 6 heteroatoms. The molecule has 1 aliphatic rings. The first kappa shape index (κ1) is 18.7. The van der Waals surface area contributed by atoms with Crippen molar-refractivity contribution in [3.8, 4) is 11.4 Å². The lowest BCUT2D eigenvalue weighted by Crippen LogP contribution is -2.36. The van der Waals surface area contributed by atoms with Gasteiger partial charge >= 0.3 is 0 Å². The molecule has 0 saturated carbocycles. The number of benzene rings is 2. The molecule has 144 valence electrons. The first-order valence-corrected chi connectivity index (χ1v) is 10.5. The summed E-state index contributed by atoms with van der Waals surface area (Å²) in [5, 5.41) is 12.3. The summed E-state index contributed by atoms with van der Waals surface area (Å²) in [5.41, 5.74) is 3.62. The van der Waals surface area contributed by atoms with Crippen LogP contribution < -0.4 is 5.32 Å². The number of thioether (sulfide) groups is 1. The lowest BCUT2D eigenvalue weighted by Gasteiger charge is -2.27. The van der Waals surface area contributed by atoms with Gasteiger partial charge in [-0.05, 0) is 37.3 Å². The van der Waals surface area contributed by atoms with Crippen molar-refractivity contribution < 1.29 is 4.79 Å². The van der Waals surface area contributed by atoms with E-state index in [9.17, 15) is 4.79 Å². The van der Waals surface area contributed by atoms with Gasteiger partial charge in [0.1, 0.15) is 0 Å². The molecule has 0 unspecified atom stereocenters. The van der Waals surface area contributed by atoms with Crippen molar-refractivity contribution in [3.05, 3.63) is 65.7 Å². The molecule has 1 amide bonds. The zero-order valence-electron chi connectivity index (χ0n) is 16.1. The van der Waals surface area contributed by atoms with Crippen LogP contribution in [0.4, 0.5) is 0 Å². The van der Waals surface area contributed by atoms with E-state index in [0.717, 1.165) is 35.8 Å². The Balaban J connectivity index is 1.44. The molecule has 28 heavy (non-hydrogen) atoms. The van der Waals surface area contributed by atoms with Crippen molar-refractivity contribution in [2.45, 2.75) is 42.6 Å². The first-order valence-electron chi connectivity index (χ1n) is 9.63. The molecule has 3 aromatic rings. The third-order valence-electron chi connectivity index (χ3n) is 5.20. The van der Waals surface area contributed by atoms with Crippen LogP contribution in [-0.4, -0.2) is 25.9 Å². The standard InChI is InChI=1S/C22H24N4OS/c1-15(21(27)23-19-14-8-12-16-9-6-7-13-18(16)19)28-22-25-24-20(26(22)2)17-10-4-3-5-11-17/h3-7,9-11,13,15,19H,8,12,14H2,1-2H3,(H,23,27)/t15-,19-/m0/s1. The van der Waals surface area contributed by atoms with Crippen molar-refractivity contribution in [3.63, 3.8) is 0 Å². The number of aryl methyl sites for hydroxylation is 1. The van der Waals surface area contributed by atoms with Crippen LogP contribution in [0.15, 0.2) is 59.8 Å². The summed E-state index contributed by atoms with van der Waals surface area (Å²) in [6.07, 6.45) is 3.18. The second-order valence-corrected chi connectivity index (χ2v) is 8.45. The molecule has 5 nitrogen and oxygen atoms in total. The maximum atomic E-state index is 12.8. The second kappa shape index (κ2) is 8.19. The fraction of sp³-hybridized carbons (Fsp3) is 0.318. The van der Waals surface area contributed by atoms with E-state index in [2.05, 4.69) is 33.7 Å². The minimum absolute atomic E-state index is 0.0379. The van der Waals surface area contributed by atoms with Crippen LogP contribution in [0, 0.1) is 0 Å². The third kappa shape index (κ3) is 3.83. The van der Waals surface area contributed by atoms with Crippen molar-refractivity contribution in [2.75, 3.05) is 0 Å². The van der Waals surface area contributed by atoms with E-state index in [0.29, 0.717) is 0 Å². The maximum absolute atomic E-state index is 12.8. The monoisotopic (exact) mass is 392 g/mol. The van der Waals surface area contributed by atoms with Gasteiger partial charge in [-0.3, -0.25) is 4.79 Å². The first-order chi connectivity index (χ1) is 13.6. The Bertz CT molecular complexity index is 970. The van der Waals surface area contributed by atoms with E-state index < -0.39 is 0 Å². The van der Waals surface area contributed by atoms with Gasteiger partial charge in [0.05, 0.1) is 11.3 Å². The van der Waals surface area contributed by atoms with E-state index >= 15 is 0 Å². The smallest absolute Gasteiger partial charge is 0.233 e. The molecule has 0 aliphatic heterocycles. The van der Waals surface area contributed by atoms with Crippen LogP contribution >= 0.6 is 11.8 Å². The molecule has 0 radical (unpaired) electrons. The van der Waals surface area contributed by atoms with Gasteiger partial charge in [0.25, 0.3) is 0 Å². The average Bonchev–Trinajstić information content (AvgIpc) is 3.09. The number of fused-ring (bicyclic) bond motifs is 1. The Hall–Kier alpha value is -2.60. The van der Waals surface area contributed by atoms with Gasteiger partial charge in [0, 0.05) is 12.6 Å². The fourth-order valence-corrected chi connectivity index (χ4v) is 4.48. The van der Waals surface area contributed by atoms with E-state index in [1.807, 2.05) is 54.9 Å². The van der Waals surface area contributed by atoms with Gasteiger partial charge in [0.2, 0.25) is 5.91 Å². The van der Waals surface area contributed by atoms with Gasteiger partial charge in [-0.25, -0.2) is 0 Å². The zero-order valence-corrected chi connectivity index (χ0v) is 16.9. The van der Waals surface area contributed by atoms with Crippen molar-refractivity contribution in [2.24, 2.45) is 7.05 Å². The molecule has 2 atom stereocenters. The molecule has 1 N–H and O–H groups in total. The normalized spacial score (nSPS) is 17.0. The zero-order chi connectivity index (χ0) is 19.5. The van der Waals surface area contributed by atoms with Gasteiger partial charge in [-0.1, -0.05) is 66.4 Å². The summed E-state index contributed by atoms with van der Waals surface area (Å²) in [6.45, 7) is 1.92. The molecule has 0 spiro atoms. The molecule has 2 aromatic carbocycles. The predicted octanol–water partition coefficient (Wildman–Crippen LogP) is 4.16. The number of carbonyl (C=O) groups excluding carboxylic acids is 1. The second-order valence-electron chi connectivity index (χ2n) is 7.14. The number of amides is 1. The number of nitrogens with one attached hydrogen (secondary N) is 1. The highest BCUT2D eigenvalue weighted by Crippen LogP contribution is 2.31. The highest BCUT2D eigenvalue weighted by molar-refractivity contribution is 8.00. The number of hydrogen-bond donors (Lipinski definition) is 1. The summed E-state index contributed by atoms with van der Waals surface area (Å²) in [5.74, 6) is 0.841. The summed E-state index contributed by atoms with van der Waals surface area (Å²) in [7, 11) is 1.94. The van der Waals surface area contributed by atoms with Crippen LogP contribution in [0.1, 0.15) is 36.9 Å². The van der Waals surface area contributed by atoms with Crippen LogP contribution in [0.2, 0.25) is 0 Å². The molecular weight excluding hydrogens is 368 g/mol. The Kier molecular flexibility index (Phi) is 5.48. The average molecular weight is 393 g/mol. The molecule has 0 saturated heterocycles. The molecule has 1 aromatic heterocycles. The topological polar surface area (TPSA) is 59.8 Å². The predicted molar refractivity (Wildman–Crippen MR) is 112 cm³/mol. The van der Waals surface area contributed by atoms with Gasteiger partial charge < -0.3 is 9.88 Å². The van der Waals surface area contributed by atoms with E-state index in [1.165, 1.54) is 22.9 Å². The summed E-state index contributed by atoms with van der Waals surface area (Å²) < 4.78 is 1.94. The quantitative estimate of drug-likeness (QED) is 0.663. The van der Waals surface area contributed by atoms with Crippen molar-refractivity contribution in [1.82, 2.24) is 20.1 Å². The fourth-order valence-electron chi connectivity index (χ4n) is 3.66. The summed E-state index contributed by atoms with van der Waals surface area (Å²) in [4.78, 5) is 12.8. The Morgan fingerprint density at radius 3 is 2.71 bits per heavy atom. The minimum atomic E-state index is -0.249. The van der Waals surface area contributed by atoms with Crippen molar-refractivity contribution in [1.29, 1.82) is 0 Å². The highest BCUT2D eigenvalue weighted by Gasteiger charge is 2.25.